The molecule has 2 nitrogen and oxygen atoms in total. The summed E-state index contributed by atoms with van der Waals surface area (Å²) in [5.74, 6) is 1.63. The van der Waals surface area contributed by atoms with E-state index < -0.39 is 0 Å². The minimum absolute atomic E-state index is 0. The molecule has 4 heteroatoms. The van der Waals surface area contributed by atoms with E-state index in [1.165, 1.54) is 0 Å². The first kappa shape index (κ1) is 16.8. The molecule has 0 radical (unpaired) electrons. The Balaban J connectivity index is 0.00000176. The summed E-state index contributed by atoms with van der Waals surface area (Å²) in [5, 5.41) is 0.706. The van der Waals surface area contributed by atoms with Crippen LogP contribution in [0.1, 0.15) is 11.5 Å². The van der Waals surface area contributed by atoms with Gasteiger partial charge in [-0.15, -0.1) is 0 Å². The van der Waals surface area contributed by atoms with E-state index in [4.69, 9.17) is 16.0 Å². The zero-order chi connectivity index (χ0) is 14.7. The first-order valence-electron chi connectivity index (χ1n) is 6.71. The SMILES string of the molecule is C[n+]1ccccc1/C=C/c1ccc(-c2cccc(Cl)c2)o1.[I-]. The first-order valence-corrected chi connectivity index (χ1v) is 7.09. The maximum Gasteiger partial charge on any atom is 0.205 e. The fourth-order valence-corrected chi connectivity index (χ4v) is 2.31. The molecule has 0 spiro atoms. The average Bonchev–Trinajstić information content (AvgIpc) is 2.95. The van der Waals surface area contributed by atoms with Gasteiger partial charge in [-0.2, -0.15) is 0 Å². The van der Waals surface area contributed by atoms with Crippen molar-refractivity contribution in [2.75, 3.05) is 0 Å². The van der Waals surface area contributed by atoms with Gasteiger partial charge in [-0.3, -0.25) is 0 Å². The quantitative estimate of drug-likeness (QED) is 0.462. The molecule has 0 N–H and O–H groups in total. The first-order chi connectivity index (χ1) is 10.2. The molecule has 0 amide bonds. The van der Waals surface area contributed by atoms with E-state index in [1.54, 1.807) is 0 Å². The lowest BCUT2D eigenvalue weighted by Gasteiger charge is -1.97. The molecule has 0 aliphatic carbocycles. The van der Waals surface area contributed by atoms with Crippen LogP contribution in [0.15, 0.2) is 65.2 Å². The van der Waals surface area contributed by atoms with Crippen molar-refractivity contribution in [2.45, 2.75) is 0 Å². The number of aryl methyl sites for hydroxylation is 1. The molecule has 0 aliphatic heterocycles. The average molecular weight is 424 g/mol. The van der Waals surface area contributed by atoms with Crippen LogP contribution >= 0.6 is 11.6 Å². The smallest absolute Gasteiger partial charge is 0.205 e. The third-order valence-electron chi connectivity index (χ3n) is 3.25. The van der Waals surface area contributed by atoms with Crippen molar-refractivity contribution in [3.05, 3.63) is 77.3 Å². The summed E-state index contributed by atoms with van der Waals surface area (Å²) in [4.78, 5) is 0. The van der Waals surface area contributed by atoms with Crippen LogP contribution in [0, 0.1) is 0 Å². The Morgan fingerprint density at radius 1 is 1.00 bits per heavy atom. The van der Waals surface area contributed by atoms with E-state index in [2.05, 4.69) is 10.6 Å². The van der Waals surface area contributed by atoms with Crippen LogP contribution < -0.4 is 28.5 Å². The van der Waals surface area contributed by atoms with Crippen molar-refractivity contribution in [2.24, 2.45) is 7.05 Å². The summed E-state index contributed by atoms with van der Waals surface area (Å²) in [6.45, 7) is 0. The van der Waals surface area contributed by atoms with Gasteiger partial charge in [0.2, 0.25) is 5.69 Å². The van der Waals surface area contributed by atoms with Crippen LogP contribution in [0.2, 0.25) is 5.02 Å². The van der Waals surface area contributed by atoms with Crippen molar-refractivity contribution >= 4 is 23.8 Å². The molecule has 0 unspecified atom stereocenters. The van der Waals surface area contributed by atoms with Crippen LogP contribution in [0.5, 0.6) is 0 Å². The number of rotatable bonds is 3. The fourth-order valence-electron chi connectivity index (χ4n) is 2.12. The summed E-state index contributed by atoms with van der Waals surface area (Å²) in [5.41, 5.74) is 2.09. The van der Waals surface area contributed by atoms with Gasteiger partial charge >= 0.3 is 0 Å². The van der Waals surface area contributed by atoms with E-state index >= 15 is 0 Å². The zero-order valence-corrected chi connectivity index (χ0v) is 15.0. The van der Waals surface area contributed by atoms with E-state index in [0.29, 0.717) is 5.02 Å². The van der Waals surface area contributed by atoms with Crippen molar-refractivity contribution in [3.8, 4) is 11.3 Å². The highest BCUT2D eigenvalue weighted by atomic mass is 127. The number of furan rings is 1. The highest BCUT2D eigenvalue weighted by Crippen LogP contribution is 2.25. The topological polar surface area (TPSA) is 17.0 Å². The molecule has 3 aromatic rings. The zero-order valence-electron chi connectivity index (χ0n) is 12.0. The third kappa shape index (κ3) is 3.99. The molecule has 0 saturated carbocycles. The van der Waals surface area contributed by atoms with Crippen molar-refractivity contribution in [1.29, 1.82) is 0 Å². The Morgan fingerprint density at radius 3 is 2.64 bits per heavy atom. The summed E-state index contributed by atoms with van der Waals surface area (Å²) in [6.07, 6.45) is 6.00. The number of aromatic nitrogens is 1. The minimum Gasteiger partial charge on any atom is -1.00 e. The Kier molecular flexibility index (Phi) is 5.80. The van der Waals surface area contributed by atoms with Gasteiger partial charge in [-0.05, 0) is 36.4 Å². The molecule has 2 aromatic heterocycles. The largest absolute Gasteiger partial charge is 1.00 e. The molecule has 2 heterocycles. The molecule has 0 aliphatic rings. The van der Waals surface area contributed by atoms with Crippen LogP contribution in [0.3, 0.4) is 0 Å². The van der Waals surface area contributed by atoms with Crippen LogP contribution in [-0.2, 0) is 7.05 Å². The van der Waals surface area contributed by atoms with E-state index in [0.717, 1.165) is 22.8 Å². The van der Waals surface area contributed by atoms with Gasteiger partial charge in [0.15, 0.2) is 6.20 Å². The van der Waals surface area contributed by atoms with Gasteiger partial charge in [0.05, 0.1) is 0 Å². The summed E-state index contributed by atoms with van der Waals surface area (Å²) in [7, 11) is 2.01. The Morgan fingerprint density at radius 2 is 1.86 bits per heavy atom. The second-order valence-corrected chi connectivity index (χ2v) is 5.22. The minimum atomic E-state index is 0. The van der Waals surface area contributed by atoms with Gasteiger partial charge in [-0.1, -0.05) is 23.7 Å². The standard InChI is InChI=1S/C18H15ClNO.HI/c1-20-12-3-2-7-16(20)8-9-17-10-11-18(21-17)14-5-4-6-15(19)13-14;/h2-13H,1H3;1H/q+1;/p-1/b9-8+;. The van der Waals surface area contributed by atoms with E-state index in [1.807, 2.05) is 73.9 Å². The number of hydrogen-bond acceptors (Lipinski definition) is 1. The predicted molar refractivity (Wildman–Crippen MR) is 85.7 cm³/mol. The molecular weight excluding hydrogens is 409 g/mol. The maximum atomic E-state index is 6.00. The molecule has 22 heavy (non-hydrogen) atoms. The van der Waals surface area contributed by atoms with Crippen molar-refractivity contribution in [1.82, 2.24) is 0 Å². The molecule has 0 atom stereocenters. The van der Waals surface area contributed by atoms with E-state index in [-0.39, 0.29) is 24.0 Å². The highest BCUT2D eigenvalue weighted by molar-refractivity contribution is 6.30. The predicted octanol–water partition coefficient (Wildman–Crippen LogP) is 1.60. The summed E-state index contributed by atoms with van der Waals surface area (Å²) < 4.78 is 7.88. The molecular formula is C18H15ClINO. The Bertz CT molecular complexity index is 795. The lowest BCUT2D eigenvalue weighted by atomic mass is 10.2. The highest BCUT2D eigenvalue weighted by Gasteiger charge is 2.04. The van der Waals surface area contributed by atoms with Gasteiger partial charge in [0.25, 0.3) is 0 Å². The second-order valence-electron chi connectivity index (χ2n) is 4.78. The molecule has 0 fully saturated rings. The van der Waals surface area contributed by atoms with Gasteiger partial charge in [-0.25, -0.2) is 4.57 Å². The normalized spacial score (nSPS) is 10.6. The third-order valence-corrected chi connectivity index (χ3v) is 3.48. The Labute approximate surface area is 152 Å². The van der Waals surface area contributed by atoms with Gasteiger partial charge < -0.3 is 28.4 Å². The molecule has 3 rings (SSSR count). The molecule has 1 aromatic carbocycles. The van der Waals surface area contributed by atoms with Gasteiger partial charge in [0, 0.05) is 28.8 Å². The monoisotopic (exact) mass is 423 g/mol. The lowest BCUT2D eigenvalue weighted by Crippen LogP contribution is -3.00. The van der Waals surface area contributed by atoms with Crippen LogP contribution in [0.25, 0.3) is 23.5 Å². The number of nitrogens with zero attached hydrogens (tertiary/aromatic N) is 1. The molecule has 0 bridgehead atoms. The fraction of sp³-hybridized carbons (Fsp3) is 0.0556. The van der Waals surface area contributed by atoms with Crippen molar-refractivity contribution < 1.29 is 33.0 Å². The van der Waals surface area contributed by atoms with Crippen molar-refractivity contribution in [3.63, 3.8) is 0 Å². The van der Waals surface area contributed by atoms with Gasteiger partial charge in [0.1, 0.15) is 18.6 Å². The molecule has 112 valence electrons. The lowest BCUT2D eigenvalue weighted by molar-refractivity contribution is -0.673. The van der Waals surface area contributed by atoms with E-state index in [9.17, 15) is 0 Å². The summed E-state index contributed by atoms with van der Waals surface area (Å²) >= 11 is 6.00. The Hall–Kier alpha value is -1.59. The molecule has 0 saturated heterocycles. The number of pyridine rings is 1. The maximum absolute atomic E-state index is 6.00. The summed E-state index contributed by atoms with van der Waals surface area (Å²) in [6, 6.07) is 17.6. The number of benzene rings is 1. The van der Waals surface area contributed by atoms with Crippen LogP contribution in [0.4, 0.5) is 0 Å². The number of hydrogen-bond donors (Lipinski definition) is 0. The number of halogens is 2. The van der Waals surface area contributed by atoms with Crippen LogP contribution in [-0.4, -0.2) is 0 Å². The second kappa shape index (κ2) is 7.61.